The van der Waals surface area contributed by atoms with Crippen LogP contribution < -0.4 is 21.7 Å². The van der Waals surface area contributed by atoms with Crippen molar-refractivity contribution in [1.29, 1.82) is 0 Å². The predicted octanol–water partition coefficient (Wildman–Crippen LogP) is 1.98. The van der Waals surface area contributed by atoms with Gasteiger partial charge in [0.1, 0.15) is 23.7 Å². The molecule has 0 radical (unpaired) electrons. The summed E-state index contributed by atoms with van der Waals surface area (Å²) in [5, 5.41) is 56.5. The maximum atomic E-state index is 14.4. The maximum Gasteiger partial charge on any atom is 0.333 e. The van der Waals surface area contributed by atoms with Crippen LogP contribution in [0.3, 0.4) is 0 Å². The molecule has 4 bridgehead atoms. The molecule has 9 rings (SSSR count). The molecule has 13 nitrogen and oxygen atoms in total. The fourth-order valence-corrected chi connectivity index (χ4v) is 15.9. The van der Waals surface area contributed by atoms with Gasteiger partial charge in [-0.15, -0.1) is 0 Å². The van der Waals surface area contributed by atoms with Crippen LogP contribution in [0.5, 0.6) is 0 Å². The van der Waals surface area contributed by atoms with Gasteiger partial charge in [0.2, 0.25) is 0 Å². The average Bonchev–Trinajstić information content (AvgIpc) is 3.29. The van der Waals surface area contributed by atoms with Gasteiger partial charge in [0.15, 0.2) is 0 Å². The van der Waals surface area contributed by atoms with Gasteiger partial charge in [0.05, 0.1) is 55.8 Å². The van der Waals surface area contributed by atoms with E-state index in [1.165, 1.54) is 12.8 Å². The molecular formula is C48H79N4O9+. The van der Waals surface area contributed by atoms with Crippen LogP contribution in [0.15, 0.2) is 11.6 Å². The second-order valence-electron chi connectivity index (χ2n) is 22.0. The van der Waals surface area contributed by atoms with Crippen molar-refractivity contribution in [2.24, 2.45) is 82.7 Å². The van der Waals surface area contributed by atoms with Crippen LogP contribution in [0.25, 0.3) is 0 Å². The summed E-state index contributed by atoms with van der Waals surface area (Å²) < 4.78 is 21.5. The minimum absolute atomic E-state index is 0.00751. The molecule has 6 saturated heterocycles. The zero-order valence-corrected chi connectivity index (χ0v) is 37.3. The van der Waals surface area contributed by atoms with Gasteiger partial charge in [-0.25, -0.2) is 4.79 Å². The molecule has 3 saturated carbocycles. The number of piperidine rings is 3. The molecule has 9 aliphatic rings. The zero-order valence-electron chi connectivity index (χ0n) is 37.3. The number of allylic oxidation sites excluding steroid dienone is 1. The molecule has 13 heteroatoms. The first kappa shape index (κ1) is 44.7. The van der Waals surface area contributed by atoms with E-state index in [0.717, 1.165) is 64.5 Å². The van der Waals surface area contributed by atoms with Crippen molar-refractivity contribution in [1.82, 2.24) is 10.6 Å². The summed E-state index contributed by atoms with van der Waals surface area (Å²) in [6.07, 6.45) is 8.40. The van der Waals surface area contributed by atoms with E-state index in [4.69, 9.17) is 19.9 Å². The van der Waals surface area contributed by atoms with Crippen molar-refractivity contribution in [2.45, 2.75) is 172 Å². The lowest BCUT2D eigenvalue weighted by molar-refractivity contribution is -0.718. The number of carbonyl (C=O) groups is 2. The van der Waals surface area contributed by atoms with Gasteiger partial charge in [-0.05, 0) is 159 Å². The molecule has 0 amide bonds. The molecule has 0 aromatic rings. The molecule has 344 valence electrons. The molecule has 10 N–H and O–H groups in total. The summed E-state index contributed by atoms with van der Waals surface area (Å²) in [5.74, 6) is -1.04. The van der Waals surface area contributed by atoms with Crippen molar-refractivity contribution in [3.63, 3.8) is 0 Å². The Hall–Kier alpha value is -1.52. The van der Waals surface area contributed by atoms with Gasteiger partial charge in [-0.2, -0.15) is 0 Å². The Morgan fingerprint density at radius 3 is 2.48 bits per heavy atom. The van der Waals surface area contributed by atoms with Crippen LogP contribution in [-0.2, 0) is 23.8 Å². The molecule has 61 heavy (non-hydrogen) atoms. The highest BCUT2D eigenvalue weighted by atomic mass is 16.6. The van der Waals surface area contributed by atoms with Crippen LogP contribution in [0, 0.1) is 76.9 Å². The lowest BCUT2D eigenvalue weighted by atomic mass is 9.50. The van der Waals surface area contributed by atoms with Crippen molar-refractivity contribution in [3.05, 3.63) is 11.6 Å². The minimum Gasteiger partial charge on any atom is -0.456 e. The molecule has 19 unspecified atom stereocenters. The Morgan fingerprint density at radius 2 is 1.70 bits per heavy atom. The number of hydrogen-bond acceptors (Lipinski definition) is 12. The number of ether oxygens (including phenoxy) is 3. The van der Waals surface area contributed by atoms with Gasteiger partial charge in [-0.3, -0.25) is 10.1 Å². The van der Waals surface area contributed by atoms with E-state index in [0.29, 0.717) is 48.4 Å². The van der Waals surface area contributed by atoms with Gasteiger partial charge >= 0.3 is 5.97 Å². The number of ketones is 1. The van der Waals surface area contributed by atoms with E-state index in [9.17, 15) is 30.0 Å². The molecule has 3 aliphatic carbocycles. The number of quaternary nitrogens is 1. The normalized spacial score (nSPS) is 52.5. The molecule has 0 spiro atoms. The highest BCUT2D eigenvalue weighted by Gasteiger charge is 2.67. The van der Waals surface area contributed by atoms with Crippen LogP contribution >= 0.6 is 0 Å². The maximum absolute atomic E-state index is 14.4. The van der Waals surface area contributed by atoms with E-state index in [-0.39, 0.29) is 79.0 Å². The first-order valence-electron chi connectivity index (χ1n) is 24.7. The predicted molar refractivity (Wildman–Crippen MR) is 227 cm³/mol. The Labute approximate surface area is 363 Å². The third-order valence-corrected chi connectivity index (χ3v) is 19.0. The van der Waals surface area contributed by atoms with E-state index in [1.807, 2.05) is 6.92 Å². The van der Waals surface area contributed by atoms with E-state index < -0.39 is 60.0 Å². The molecular weight excluding hydrogens is 777 g/mol. The fraction of sp³-hybridized carbons (Fsp3) is 0.917. The van der Waals surface area contributed by atoms with Gasteiger partial charge < -0.3 is 51.0 Å². The number of hydrogen-bond donors (Lipinski definition) is 8. The van der Waals surface area contributed by atoms with Gasteiger partial charge in [-0.1, -0.05) is 6.08 Å². The first-order chi connectivity index (χ1) is 29.3. The Kier molecular flexibility index (Phi) is 13.2. The largest absolute Gasteiger partial charge is 0.456 e. The minimum atomic E-state index is -1.11. The van der Waals surface area contributed by atoms with E-state index in [2.05, 4.69) is 29.8 Å². The number of rotatable bonds is 6. The van der Waals surface area contributed by atoms with Crippen molar-refractivity contribution in [3.8, 4) is 0 Å². The standard InChI is InChI=1S/C48H78N4O9/c1-5-23(2)47(58)60-37-19-34-42(57)40-36(56)18-31(21-53)59-44(40)41-39-32-12-13-50-45(49)38(32)27(9-8-26-10-11-30(55)17-33(26)35(39)22-54)16-29(48(37,4)61-43(34)41)15-25-14-28-7-6-24(3)52-46(28)51-20-25/h5,24-35,37-46,50-55,57H,6-22,49H2,1-4H3/p+1/t24-,25?,26?,27?,28?,29+,30?,31?,32?,33?,34?,35?,37-,38?,39?,40?,41?,42?,43?,44?,45?,46?,48-/m0/s1. The summed E-state index contributed by atoms with van der Waals surface area (Å²) in [4.78, 5) is 28.4. The number of nitrogens with two attached hydrogens (primary N) is 2. The van der Waals surface area contributed by atoms with Crippen LogP contribution in [0.1, 0.15) is 111 Å². The lowest BCUT2D eigenvalue weighted by Gasteiger charge is -2.63. The van der Waals surface area contributed by atoms with Gasteiger partial charge in [0, 0.05) is 48.3 Å². The van der Waals surface area contributed by atoms with Crippen LogP contribution in [0.4, 0.5) is 0 Å². The summed E-state index contributed by atoms with van der Waals surface area (Å²) in [7, 11) is 0. The topological polar surface area (TPSA) is 209 Å². The smallest absolute Gasteiger partial charge is 0.333 e. The third-order valence-electron chi connectivity index (χ3n) is 19.0. The number of esters is 1. The third kappa shape index (κ3) is 8.13. The Balaban J connectivity index is 1.22. The highest BCUT2D eigenvalue weighted by Crippen LogP contribution is 2.61. The summed E-state index contributed by atoms with van der Waals surface area (Å²) in [5.41, 5.74) is 6.94. The Morgan fingerprint density at radius 1 is 0.934 bits per heavy atom. The summed E-state index contributed by atoms with van der Waals surface area (Å²) >= 11 is 0. The molecule has 9 fully saturated rings. The highest BCUT2D eigenvalue weighted by molar-refractivity contribution is 5.87. The van der Waals surface area contributed by atoms with Crippen LogP contribution in [-0.4, -0.2) is 119 Å². The van der Waals surface area contributed by atoms with Crippen LogP contribution in [0.2, 0.25) is 0 Å². The monoisotopic (exact) mass is 856 g/mol. The number of nitrogens with one attached hydrogen (secondary N) is 2. The second-order valence-corrected chi connectivity index (χ2v) is 22.0. The molecule has 6 aliphatic heterocycles. The number of carbonyl (C=O) groups excluding carboxylic acids is 2. The molecule has 0 aromatic carbocycles. The fourth-order valence-electron chi connectivity index (χ4n) is 15.9. The molecule has 6 heterocycles. The average molecular weight is 856 g/mol. The lowest BCUT2D eigenvalue weighted by Crippen LogP contribution is -2.98. The number of fused-ring (bicyclic) bond motifs is 6. The van der Waals surface area contributed by atoms with E-state index in [1.54, 1.807) is 13.0 Å². The Bertz CT molecular complexity index is 1620. The molecule has 23 atom stereocenters. The quantitative estimate of drug-likeness (QED) is 0.143. The number of Topliss-reactive ketones (excluding diaryl/α,β-unsaturated/α-hetero) is 1. The molecule has 0 aromatic heterocycles. The zero-order chi connectivity index (χ0) is 42.9. The van der Waals surface area contributed by atoms with Crippen molar-refractivity contribution in [2.75, 3.05) is 26.3 Å². The summed E-state index contributed by atoms with van der Waals surface area (Å²) in [6.45, 7) is 9.45. The van der Waals surface area contributed by atoms with Crippen molar-refractivity contribution < 1.29 is 49.5 Å². The van der Waals surface area contributed by atoms with Gasteiger partial charge in [0.25, 0.3) is 0 Å². The number of aliphatic hydroxyl groups excluding tert-OH is 4. The van der Waals surface area contributed by atoms with Crippen molar-refractivity contribution >= 4 is 11.8 Å². The van der Waals surface area contributed by atoms with E-state index >= 15 is 0 Å². The SMILES string of the molecule is CC=C(C)C(=O)O[C@H]1CC2C(O)C3C(=O)CC(CO)OC3C3C2O[C@@]1(C)[C@H](CC1C[NH2+]C2N[C@@H](C)CCC2C1)CC1CCC2CCC(O)CC2C(CO)C3C2CCNC(N)C12. The first-order valence-corrected chi connectivity index (χ1v) is 24.7. The number of aliphatic hydroxyl groups is 4. The summed E-state index contributed by atoms with van der Waals surface area (Å²) in [6, 6.07) is 0.520. The second kappa shape index (κ2) is 18.0.